The molecule has 3 radical (unpaired) electrons. The smallest absolute Gasteiger partial charge is 0.326 e. The molecule has 20 heavy (non-hydrogen) atoms. The van der Waals surface area contributed by atoms with E-state index in [1.807, 2.05) is 0 Å². The first-order chi connectivity index (χ1) is 9.62. The molecule has 105 valence electrons. The molecule has 6 heteroatoms. The summed E-state index contributed by atoms with van der Waals surface area (Å²) in [5.41, 5.74) is 7.67. The van der Waals surface area contributed by atoms with Crippen LogP contribution in [0, 0.1) is 0 Å². The van der Waals surface area contributed by atoms with Crippen molar-refractivity contribution in [1.29, 1.82) is 0 Å². The number of hydrogen-bond donors (Lipinski definition) is 2. The van der Waals surface area contributed by atoms with Crippen LogP contribution in [0.25, 0.3) is 0 Å². The van der Waals surface area contributed by atoms with Gasteiger partial charge in [0.05, 0.1) is 0 Å². The van der Waals surface area contributed by atoms with Crippen LogP contribution in [0.1, 0.15) is 30.4 Å². The van der Waals surface area contributed by atoms with Gasteiger partial charge in [0, 0.05) is 23.4 Å². The Hall–Kier alpha value is -2.21. The van der Waals surface area contributed by atoms with E-state index in [4.69, 9.17) is 10.8 Å². The maximum atomic E-state index is 11.2. The van der Waals surface area contributed by atoms with Gasteiger partial charge in [-0.05, 0) is 31.4 Å². The summed E-state index contributed by atoms with van der Waals surface area (Å²) in [7, 11) is 0. The fourth-order valence-electron chi connectivity index (χ4n) is 1.73. The van der Waals surface area contributed by atoms with Crippen molar-refractivity contribution in [3.05, 3.63) is 29.3 Å². The van der Waals surface area contributed by atoms with Crippen LogP contribution in [-0.2, 0) is 14.4 Å². The van der Waals surface area contributed by atoms with E-state index in [-0.39, 0.29) is 23.4 Å². The van der Waals surface area contributed by atoms with Gasteiger partial charge in [0.25, 0.3) is 0 Å². The van der Waals surface area contributed by atoms with E-state index in [2.05, 4.69) is 5.32 Å². The van der Waals surface area contributed by atoms with Crippen LogP contribution in [0.3, 0.4) is 0 Å². The Balaban J connectivity index is 2.88. The number of carbonyl (C=O) groups excluding carboxylic acids is 2. The summed E-state index contributed by atoms with van der Waals surface area (Å²) >= 11 is 0. The molecular formula is C14H15N2O4. The number of carbonyl (C=O) groups is 1. The lowest BCUT2D eigenvalue weighted by molar-refractivity contribution is -0.138. The second kappa shape index (κ2) is 8.06. The van der Waals surface area contributed by atoms with Crippen molar-refractivity contribution in [3.63, 3.8) is 0 Å². The van der Waals surface area contributed by atoms with Gasteiger partial charge in [-0.25, -0.2) is 4.79 Å². The molecule has 0 saturated heterocycles. The molecular weight excluding hydrogens is 260 g/mol. The van der Waals surface area contributed by atoms with Gasteiger partial charge in [0.1, 0.15) is 6.04 Å². The number of anilines is 1. The van der Waals surface area contributed by atoms with Crippen LogP contribution in [0.2, 0.25) is 0 Å². The van der Waals surface area contributed by atoms with Gasteiger partial charge < -0.3 is 10.4 Å². The number of rotatable bonds is 9. The van der Waals surface area contributed by atoms with Crippen LogP contribution >= 0.6 is 0 Å². The highest BCUT2D eigenvalue weighted by Crippen LogP contribution is 2.18. The highest BCUT2D eigenvalue weighted by atomic mass is 16.4. The lowest BCUT2D eigenvalue weighted by Gasteiger charge is -2.17. The molecule has 0 unspecified atom stereocenters. The standard InChI is InChI=1S/C14H15N2O4/c15-6-2-1-3-12(14(19)20)16-13-7-10(8-17)4-5-11(13)9-18/h4-5,7,12,15-16H,1-3,6H2,(H,19,20)/t12-/m0/s1. The van der Waals surface area contributed by atoms with Crippen LogP contribution in [-0.4, -0.2) is 36.2 Å². The molecule has 0 aliphatic carbocycles. The fraction of sp³-hybridized carbons (Fsp3) is 0.357. The molecule has 1 aromatic rings. The number of carboxylic acids is 1. The van der Waals surface area contributed by atoms with E-state index in [9.17, 15) is 14.4 Å². The molecule has 0 saturated carbocycles. The van der Waals surface area contributed by atoms with Crippen molar-refractivity contribution < 1.29 is 19.5 Å². The molecule has 0 aromatic heterocycles. The Bertz CT molecular complexity index is 488. The van der Waals surface area contributed by atoms with Crippen molar-refractivity contribution in [2.45, 2.75) is 25.3 Å². The van der Waals surface area contributed by atoms with Crippen molar-refractivity contribution in [2.75, 3.05) is 11.9 Å². The maximum absolute atomic E-state index is 11.2. The van der Waals surface area contributed by atoms with Gasteiger partial charge in [-0.15, -0.1) is 0 Å². The van der Waals surface area contributed by atoms with Crippen molar-refractivity contribution in [2.24, 2.45) is 0 Å². The Kier molecular flexibility index (Phi) is 6.39. The molecule has 0 bridgehead atoms. The van der Waals surface area contributed by atoms with Crippen LogP contribution in [0.5, 0.6) is 0 Å². The molecule has 1 rings (SSSR count). The first-order valence-electron chi connectivity index (χ1n) is 6.16. The first-order valence-corrected chi connectivity index (χ1v) is 6.16. The topological polar surface area (TPSA) is 107 Å². The largest absolute Gasteiger partial charge is 0.480 e. The molecule has 1 aromatic carbocycles. The molecule has 0 aliphatic rings. The average molecular weight is 275 g/mol. The lowest BCUT2D eigenvalue weighted by atomic mass is 10.1. The molecule has 1 atom stereocenters. The summed E-state index contributed by atoms with van der Waals surface area (Å²) in [6.45, 7) is 0.245. The van der Waals surface area contributed by atoms with Crippen molar-refractivity contribution in [3.8, 4) is 0 Å². The maximum Gasteiger partial charge on any atom is 0.326 e. The third-order valence-electron chi connectivity index (χ3n) is 2.79. The van der Waals surface area contributed by atoms with E-state index in [0.29, 0.717) is 19.3 Å². The van der Waals surface area contributed by atoms with Crippen LogP contribution in [0.4, 0.5) is 5.69 Å². The molecule has 0 fully saturated rings. The summed E-state index contributed by atoms with van der Waals surface area (Å²) in [5.74, 6) is -1.05. The number of nitrogens with one attached hydrogen (secondary N) is 2. The molecule has 0 aliphatic heterocycles. The second-order valence-corrected chi connectivity index (χ2v) is 4.25. The summed E-state index contributed by atoms with van der Waals surface area (Å²) in [4.78, 5) is 32.6. The van der Waals surface area contributed by atoms with Crippen LogP contribution in [0.15, 0.2) is 18.2 Å². The monoisotopic (exact) mass is 275 g/mol. The fourth-order valence-corrected chi connectivity index (χ4v) is 1.73. The van der Waals surface area contributed by atoms with Gasteiger partial charge in [-0.1, -0.05) is 6.07 Å². The number of carboxylic acid groups (broad SMARTS) is 1. The predicted octanol–water partition coefficient (Wildman–Crippen LogP) is 0.921. The number of unbranched alkanes of at least 4 members (excludes halogenated alkanes) is 1. The predicted molar refractivity (Wildman–Crippen MR) is 72.9 cm³/mol. The minimum absolute atomic E-state index is 0.163. The third kappa shape index (κ3) is 4.47. The van der Waals surface area contributed by atoms with E-state index < -0.39 is 12.0 Å². The Morgan fingerprint density at radius 1 is 1.30 bits per heavy atom. The summed E-state index contributed by atoms with van der Waals surface area (Å²) in [6.07, 6.45) is 4.91. The molecule has 0 heterocycles. The van der Waals surface area contributed by atoms with E-state index in [0.717, 1.165) is 0 Å². The number of aliphatic carboxylic acids is 1. The second-order valence-electron chi connectivity index (χ2n) is 4.25. The average Bonchev–Trinajstić information content (AvgIpc) is 2.46. The van der Waals surface area contributed by atoms with E-state index >= 15 is 0 Å². The quantitative estimate of drug-likeness (QED) is 0.651. The summed E-state index contributed by atoms with van der Waals surface area (Å²) in [6, 6.07) is 3.29. The van der Waals surface area contributed by atoms with Crippen molar-refractivity contribution in [1.82, 2.24) is 5.73 Å². The molecule has 3 N–H and O–H groups in total. The summed E-state index contributed by atoms with van der Waals surface area (Å²) in [5, 5.41) is 11.9. The molecule has 0 amide bonds. The Morgan fingerprint density at radius 3 is 2.60 bits per heavy atom. The zero-order chi connectivity index (χ0) is 15.0. The zero-order valence-corrected chi connectivity index (χ0v) is 10.8. The SMILES string of the molecule is [NH]CCCC[C@H](Nc1cc([C]=O)ccc1[C]=O)C(=O)O. The zero-order valence-electron chi connectivity index (χ0n) is 10.8. The van der Waals surface area contributed by atoms with Gasteiger partial charge in [-0.3, -0.25) is 15.3 Å². The van der Waals surface area contributed by atoms with Gasteiger partial charge in [-0.2, -0.15) is 0 Å². The van der Waals surface area contributed by atoms with E-state index in [1.54, 1.807) is 12.6 Å². The summed E-state index contributed by atoms with van der Waals surface area (Å²) < 4.78 is 0. The highest BCUT2D eigenvalue weighted by molar-refractivity contribution is 5.90. The highest BCUT2D eigenvalue weighted by Gasteiger charge is 2.18. The lowest BCUT2D eigenvalue weighted by Crippen LogP contribution is -2.29. The Labute approximate surface area is 117 Å². The van der Waals surface area contributed by atoms with Crippen molar-refractivity contribution >= 4 is 24.2 Å². The molecule has 0 spiro atoms. The molecule has 6 nitrogen and oxygen atoms in total. The van der Waals surface area contributed by atoms with E-state index in [1.165, 1.54) is 18.2 Å². The van der Waals surface area contributed by atoms with Gasteiger partial charge >= 0.3 is 5.97 Å². The normalized spacial score (nSPS) is 11.7. The third-order valence-corrected chi connectivity index (χ3v) is 2.79. The minimum atomic E-state index is -1.05. The van der Waals surface area contributed by atoms with Gasteiger partial charge in [0.15, 0.2) is 0 Å². The number of hydrogen-bond acceptors (Lipinski definition) is 4. The first kappa shape index (κ1) is 15.8. The van der Waals surface area contributed by atoms with Gasteiger partial charge in [0.2, 0.25) is 12.6 Å². The minimum Gasteiger partial charge on any atom is -0.480 e. The van der Waals surface area contributed by atoms with Crippen LogP contribution < -0.4 is 11.1 Å². The Morgan fingerprint density at radius 2 is 2.05 bits per heavy atom. The number of benzene rings is 1.